The van der Waals surface area contributed by atoms with Gasteiger partial charge in [-0.05, 0) is 56.2 Å². The fraction of sp³-hybridized carbons (Fsp3) is 0.316. The molecule has 0 aliphatic rings. The van der Waals surface area contributed by atoms with Gasteiger partial charge in [0, 0.05) is 6.04 Å². The third-order valence-corrected chi connectivity index (χ3v) is 5.45. The largest absolute Gasteiger partial charge is 0.496 e. The molecule has 0 aromatic heterocycles. The van der Waals surface area contributed by atoms with Crippen LogP contribution >= 0.6 is 0 Å². The van der Waals surface area contributed by atoms with Crippen LogP contribution in [0.4, 0.5) is 5.69 Å². The van der Waals surface area contributed by atoms with Crippen molar-refractivity contribution in [3.05, 3.63) is 53.6 Å². The highest BCUT2D eigenvalue weighted by molar-refractivity contribution is 7.92. The summed E-state index contributed by atoms with van der Waals surface area (Å²) in [5, 5.41) is 2.85. The zero-order chi connectivity index (χ0) is 19.3. The molecule has 7 heteroatoms. The van der Waals surface area contributed by atoms with Gasteiger partial charge in [-0.1, -0.05) is 19.1 Å². The fourth-order valence-electron chi connectivity index (χ4n) is 2.40. The molecule has 1 atom stereocenters. The summed E-state index contributed by atoms with van der Waals surface area (Å²) in [6.45, 7) is 5.63. The van der Waals surface area contributed by atoms with Crippen LogP contribution in [0.2, 0.25) is 0 Å². The van der Waals surface area contributed by atoms with Crippen molar-refractivity contribution in [2.75, 3.05) is 11.8 Å². The van der Waals surface area contributed by atoms with Crippen molar-refractivity contribution in [2.24, 2.45) is 0 Å². The van der Waals surface area contributed by atoms with Crippen LogP contribution in [-0.2, 0) is 10.0 Å². The third-order valence-electron chi connectivity index (χ3n) is 4.08. The summed E-state index contributed by atoms with van der Waals surface area (Å²) in [6.07, 6.45) is 0.782. The Morgan fingerprint density at radius 1 is 1.19 bits per heavy atom. The number of rotatable bonds is 7. The molecule has 0 heterocycles. The van der Waals surface area contributed by atoms with Gasteiger partial charge < -0.3 is 10.1 Å². The molecule has 2 rings (SSSR count). The standard InChI is InChI=1S/C19H24N2O4S/c1-5-14(3)20-19(22)16-8-6-7-9-17(16)21-26(23,24)15-10-11-18(25-4)13(2)12-15/h6-12,14,21H,5H2,1-4H3,(H,20,22)/t14-/m1/s1. The topological polar surface area (TPSA) is 84.5 Å². The van der Waals surface area contributed by atoms with Gasteiger partial charge in [0.2, 0.25) is 0 Å². The second kappa shape index (κ2) is 8.23. The van der Waals surface area contributed by atoms with Crippen molar-refractivity contribution in [1.82, 2.24) is 5.32 Å². The summed E-state index contributed by atoms with van der Waals surface area (Å²) >= 11 is 0. The first-order valence-corrected chi connectivity index (χ1v) is 9.84. The number of hydrogen-bond acceptors (Lipinski definition) is 4. The van der Waals surface area contributed by atoms with Gasteiger partial charge in [0.15, 0.2) is 0 Å². The molecule has 26 heavy (non-hydrogen) atoms. The van der Waals surface area contributed by atoms with Crippen LogP contribution in [0.3, 0.4) is 0 Å². The maximum absolute atomic E-state index is 12.7. The van der Waals surface area contributed by atoms with Gasteiger partial charge >= 0.3 is 0 Å². The molecule has 0 spiro atoms. The Labute approximate surface area is 154 Å². The molecule has 0 bridgehead atoms. The van der Waals surface area contributed by atoms with E-state index in [-0.39, 0.29) is 28.1 Å². The van der Waals surface area contributed by atoms with Crippen LogP contribution in [0.25, 0.3) is 0 Å². The van der Waals surface area contributed by atoms with E-state index in [0.29, 0.717) is 11.3 Å². The molecule has 0 saturated carbocycles. The molecule has 1 amide bonds. The lowest BCUT2D eigenvalue weighted by Gasteiger charge is -2.16. The molecule has 0 saturated heterocycles. The van der Waals surface area contributed by atoms with E-state index in [9.17, 15) is 13.2 Å². The Morgan fingerprint density at radius 2 is 1.88 bits per heavy atom. The quantitative estimate of drug-likeness (QED) is 0.776. The van der Waals surface area contributed by atoms with E-state index < -0.39 is 10.0 Å². The zero-order valence-electron chi connectivity index (χ0n) is 15.4. The number of aryl methyl sites for hydroxylation is 1. The minimum absolute atomic E-state index is 0.00333. The molecule has 0 unspecified atom stereocenters. The van der Waals surface area contributed by atoms with E-state index in [1.165, 1.54) is 19.2 Å². The summed E-state index contributed by atoms with van der Waals surface area (Å²) in [4.78, 5) is 12.5. The van der Waals surface area contributed by atoms with Crippen LogP contribution in [0.1, 0.15) is 36.2 Å². The van der Waals surface area contributed by atoms with Gasteiger partial charge in [0.05, 0.1) is 23.3 Å². The number of methoxy groups -OCH3 is 1. The van der Waals surface area contributed by atoms with E-state index in [1.54, 1.807) is 37.3 Å². The van der Waals surface area contributed by atoms with Crippen LogP contribution < -0.4 is 14.8 Å². The van der Waals surface area contributed by atoms with Crippen molar-refractivity contribution >= 4 is 21.6 Å². The maximum Gasteiger partial charge on any atom is 0.261 e. The molecule has 2 N–H and O–H groups in total. The first-order valence-electron chi connectivity index (χ1n) is 8.35. The third kappa shape index (κ3) is 4.54. The first-order chi connectivity index (χ1) is 12.3. The number of carbonyl (C=O) groups excluding carboxylic acids is 1. The summed E-state index contributed by atoms with van der Waals surface area (Å²) in [5.74, 6) is 0.292. The smallest absolute Gasteiger partial charge is 0.261 e. The molecule has 2 aromatic rings. The molecule has 0 radical (unpaired) electrons. The molecule has 0 fully saturated rings. The highest BCUT2D eigenvalue weighted by Crippen LogP contribution is 2.24. The zero-order valence-corrected chi connectivity index (χ0v) is 16.2. The summed E-state index contributed by atoms with van der Waals surface area (Å²) < 4.78 is 33.1. The number of para-hydroxylation sites is 1. The number of ether oxygens (including phenoxy) is 1. The predicted octanol–water partition coefficient (Wildman–Crippen LogP) is 3.33. The number of benzene rings is 2. The van der Waals surface area contributed by atoms with Crippen molar-refractivity contribution < 1.29 is 17.9 Å². The normalized spacial score (nSPS) is 12.3. The maximum atomic E-state index is 12.7. The van der Waals surface area contributed by atoms with E-state index in [1.807, 2.05) is 13.8 Å². The molecular weight excluding hydrogens is 352 g/mol. The summed E-state index contributed by atoms with van der Waals surface area (Å²) in [6, 6.07) is 11.1. The van der Waals surface area contributed by atoms with Crippen molar-refractivity contribution in [3.63, 3.8) is 0 Å². The number of nitrogens with one attached hydrogen (secondary N) is 2. The van der Waals surface area contributed by atoms with Crippen LogP contribution in [-0.4, -0.2) is 27.5 Å². The lowest BCUT2D eigenvalue weighted by molar-refractivity contribution is 0.0940. The Balaban J connectivity index is 2.33. The second-order valence-corrected chi connectivity index (χ2v) is 7.75. The van der Waals surface area contributed by atoms with E-state index in [0.717, 1.165) is 6.42 Å². The van der Waals surface area contributed by atoms with Gasteiger partial charge in [0.1, 0.15) is 5.75 Å². The highest BCUT2D eigenvalue weighted by Gasteiger charge is 2.20. The number of anilines is 1. The second-order valence-electron chi connectivity index (χ2n) is 6.07. The lowest BCUT2D eigenvalue weighted by atomic mass is 10.1. The van der Waals surface area contributed by atoms with Gasteiger partial charge in [-0.25, -0.2) is 8.42 Å². The average Bonchev–Trinajstić information content (AvgIpc) is 2.61. The van der Waals surface area contributed by atoms with Gasteiger partial charge in [-0.3, -0.25) is 9.52 Å². The Hall–Kier alpha value is -2.54. The van der Waals surface area contributed by atoms with Crippen molar-refractivity contribution in [2.45, 2.75) is 38.1 Å². The van der Waals surface area contributed by atoms with Crippen molar-refractivity contribution in [1.29, 1.82) is 0 Å². The lowest BCUT2D eigenvalue weighted by Crippen LogP contribution is -2.32. The molecule has 2 aromatic carbocycles. The molecular formula is C19H24N2O4S. The molecule has 0 aliphatic carbocycles. The monoisotopic (exact) mass is 376 g/mol. The SMILES string of the molecule is CC[C@@H](C)NC(=O)c1ccccc1NS(=O)(=O)c1ccc(OC)c(C)c1. The van der Waals surface area contributed by atoms with Crippen molar-refractivity contribution in [3.8, 4) is 5.75 Å². The Kier molecular flexibility index (Phi) is 6.26. The number of amides is 1. The molecule has 6 nitrogen and oxygen atoms in total. The first kappa shape index (κ1) is 19.8. The van der Waals surface area contributed by atoms with Gasteiger partial charge in [-0.2, -0.15) is 0 Å². The minimum atomic E-state index is -3.84. The van der Waals surface area contributed by atoms with Crippen LogP contribution in [0.15, 0.2) is 47.4 Å². The predicted molar refractivity (Wildman–Crippen MR) is 102 cm³/mol. The molecule has 0 aliphatic heterocycles. The Morgan fingerprint density at radius 3 is 2.50 bits per heavy atom. The van der Waals surface area contributed by atoms with Gasteiger partial charge in [0.25, 0.3) is 15.9 Å². The summed E-state index contributed by atoms with van der Waals surface area (Å²) in [7, 11) is -2.31. The number of hydrogen-bond donors (Lipinski definition) is 2. The van der Waals surface area contributed by atoms with Gasteiger partial charge in [-0.15, -0.1) is 0 Å². The van der Waals surface area contributed by atoms with E-state index in [2.05, 4.69) is 10.0 Å². The number of sulfonamides is 1. The van der Waals surface area contributed by atoms with E-state index >= 15 is 0 Å². The average molecular weight is 376 g/mol. The van der Waals surface area contributed by atoms with Crippen LogP contribution in [0, 0.1) is 6.92 Å². The fourth-order valence-corrected chi connectivity index (χ4v) is 3.56. The summed E-state index contributed by atoms with van der Waals surface area (Å²) in [5.41, 5.74) is 1.22. The van der Waals surface area contributed by atoms with E-state index in [4.69, 9.17) is 4.74 Å². The minimum Gasteiger partial charge on any atom is -0.496 e. The highest BCUT2D eigenvalue weighted by atomic mass is 32.2. The molecule has 140 valence electrons. The van der Waals surface area contributed by atoms with Crippen LogP contribution in [0.5, 0.6) is 5.75 Å². The Bertz CT molecular complexity index is 894. The number of carbonyl (C=O) groups is 1.